The molecule has 0 atom stereocenters. The average molecular weight is 377 g/mol. The van der Waals surface area contributed by atoms with E-state index in [2.05, 4.69) is 10.1 Å². The van der Waals surface area contributed by atoms with E-state index in [0.29, 0.717) is 5.17 Å². The quantitative estimate of drug-likeness (QED) is 0.820. The van der Waals surface area contributed by atoms with Crippen LogP contribution in [0.25, 0.3) is 11.8 Å². The number of nitrogens with one attached hydrogen (secondary N) is 1. The molecule has 2 aliphatic heterocycles. The normalized spacial score (nSPS) is 18.2. The van der Waals surface area contributed by atoms with Crippen molar-refractivity contribution < 1.29 is 4.79 Å². The van der Waals surface area contributed by atoms with Crippen molar-refractivity contribution in [1.82, 2.24) is 9.58 Å². The Labute approximate surface area is 161 Å². The summed E-state index contributed by atoms with van der Waals surface area (Å²) in [4.78, 5) is 16.7. The van der Waals surface area contributed by atoms with E-state index >= 15 is 0 Å². The first-order valence-corrected chi connectivity index (χ1v) is 9.50. The van der Waals surface area contributed by atoms with Crippen LogP contribution < -0.4 is 0 Å². The summed E-state index contributed by atoms with van der Waals surface area (Å²) in [5, 5.41) is 15.7. The highest BCUT2D eigenvalue weighted by molar-refractivity contribution is 8.27. The van der Waals surface area contributed by atoms with Crippen LogP contribution in [0.4, 0.5) is 0 Å². The van der Waals surface area contributed by atoms with Gasteiger partial charge in [-0.15, -0.1) is 0 Å². The van der Waals surface area contributed by atoms with Crippen molar-refractivity contribution in [3.8, 4) is 5.69 Å². The number of aryl methyl sites for hydroxylation is 1. The third-order valence-corrected chi connectivity index (χ3v) is 5.56. The van der Waals surface area contributed by atoms with E-state index in [1.54, 1.807) is 6.08 Å². The molecule has 0 saturated heterocycles. The van der Waals surface area contributed by atoms with Gasteiger partial charge in [0.15, 0.2) is 5.84 Å². The zero-order chi connectivity index (χ0) is 19.1. The van der Waals surface area contributed by atoms with Gasteiger partial charge in [-0.25, -0.2) is 0 Å². The zero-order valence-corrected chi connectivity index (χ0v) is 16.1. The Kier molecular flexibility index (Phi) is 4.31. The summed E-state index contributed by atoms with van der Waals surface area (Å²) in [5.74, 6) is -0.127. The van der Waals surface area contributed by atoms with E-state index in [9.17, 15) is 4.79 Å². The topological polar surface area (TPSA) is 73.8 Å². The molecule has 2 aliphatic rings. The van der Waals surface area contributed by atoms with Crippen molar-refractivity contribution in [3.63, 3.8) is 0 Å². The van der Waals surface area contributed by atoms with Crippen LogP contribution in [0, 0.1) is 18.3 Å². The molecule has 1 amide bonds. The highest BCUT2D eigenvalue weighted by Gasteiger charge is 2.36. The van der Waals surface area contributed by atoms with Crippen molar-refractivity contribution in [2.45, 2.75) is 20.8 Å². The molecule has 0 radical (unpaired) electrons. The van der Waals surface area contributed by atoms with E-state index in [1.165, 1.54) is 22.3 Å². The number of amides is 1. The molecule has 0 aliphatic carbocycles. The number of amidine groups is 2. The SMILES string of the molecule is Cc1ccc(-n2cccc2/C=C2\C(=N)N3N=C(C(C)C)SC3=NC2=O)cc1. The average Bonchev–Trinajstić information content (AvgIpc) is 3.26. The summed E-state index contributed by atoms with van der Waals surface area (Å²) in [5.41, 5.74) is 3.22. The fraction of sp³-hybridized carbons (Fsp3) is 0.200. The van der Waals surface area contributed by atoms with Crippen LogP contribution in [0.1, 0.15) is 25.1 Å². The number of aromatic nitrogens is 1. The summed E-state index contributed by atoms with van der Waals surface area (Å²) in [6.45, 7) is 6.10. The number of hydrazone groups is 1. The summed E-state index contributed by atoms with van der Waals surface area (Å²) in [7, 11) is 0. The van der Waals surface area contributed by atoms with E-state index in [4.69, 9.17) is 5.41 Å². The minimum Gasteiger partial charge on any atom is -0.317 e. The van der Waals surface area contributed by atoms with Gasteiger partial charge in [0.1, 0.15) is 5.04 Å². The smallest absolute Gasteiger partial charge is 0.283 e. The standard InChI is InChI=1S/C20H19N5OS/c1-12(2)19-23-25-17(21)16(18(26)22-20(25)27-19)11-15-5-4-10-24(15)14-8-6-13(3)7-9-14/h4-12,21H,1-3H3/b16-11+,21-17?. The molecule has 0 fully saturated rings. The summed E-state index contributed by atoms with van der Waals surface area (Å²) >= 11 is 1.35. The predicted octanol–water partition coefficient (Wildman–Crippen LogP) is 4.06. The lowest BCUT2D eigenvalue weighted by Gasteiger charge is -2.20. The van der Waals surface area contributed by atoms with Crippen molar-refractivity contribution in [1.29, 1.82) is 5.41 Å². The monoisotopic (exact) mass is 377 g/mol. The molecular formula is C20H19N5OS. The molecule has 1 aromatic heterocycles. The third kappa shape index (κ3) is 3.14. The van der Waals surface area contributed by atoms with Gasteiger partial charge in [0.2, 0.25) is 5.17 Å². The zero-order valence-electron chi connectivity index (χ0n) is 15.3. The molecule has 27 heavy (non-hydrogen) atoms. The maximum atomic E-state index is 12.5. The summed E-state index contributed by atoms with van der Waals surface area (Å²) < 4.78 is 1.98. The van der Waals surface area contributed by atoms with Gasteiger partial charge in [0, 0.05) is 23.5 Å². The highest BCUT2D eigenvalue weighted by atomic mass is 32.2. The first kappa shape index (κ1) is 17.5. The first-order valence-electron chi connectivity index (χ1n) is 8.68. The maximum absolute atomic E-state index is 12.5. The Bertz CT molecular complexity index is 1030. The third-order valence-electron chi connectivity index (χ3n) is 4.35. The molecular weight excluding hydrogens is 358 g/mol. The van der Waals surface area contributed by atoms with Gasteiger partial charge in [-0.1, -0.05) is 31.5 Å². The molecule has 4 rings (SSSR count). The van der Waals surface area contributed by atoms with Crippen LogP contribution in [0.2, 0.25) is 0 Å². The Morgan fingerprint density at radius 1 is 1.19 bits per heavy atom. The molecule has 6 nitrogen and oxygen atoms in total. The maximum Gasteiger partial charge on any atom is 0.283 e. The lowest BCUT2D eigenvalue weighted by atomic mass is 10.1. The number of aliphatic imine (C=N–C) groups is 1. The number of rotatable bonds is 3. The van der Waals surface area contributed by atoms with E-state index in [0.717, 1.165) is 16.4 Å². The second-order valence-electron chi connectivity index (χ2n) is 6.75. The van der Waals surface area contributed by atoms with Gasteiger partial charge < -0.3 is 4.57 Å². The van der Waals surface area contributed by atoms with Gasteiger partial charge in [0.25, 0.3) is 5.91 Å². The minimum atomic E-state index is -0.407. The minimum absolute atomic E-state index is 0.0600. The molecule has 7 heteroatoms. The molecule has 3 heterocycles. The van der Waals surface area contributed by atoms with Crippen LogP contribution in [0.15, 0.2) is 58.3 Å². The Morgan fingerprint density at radius 3 is 2.63 bits per heavy atom. The number of fused-ring (bicyclic) bond motifs is 1. The second-order valence-corrected chi connectivity index (χ2v) is 7.74. The van der Waals surface area contributed by atoms with Gasteiger partial charge in [-0.2, -0.15) is 15.1 Å². The number of hydrogen-bond donors (Lipinski definition) is 1. The Morgan fingerprint density at radius 2 is 1.93 bits per heavy atom. The Hall–Kier alpha value is -2.93. The van der Waals surface area contributed by atoms with Crippen LogP contribution in [0.3, 0.4) is 0 Å². The van der Waals surface area contributed by atoms with Crippen LogP contribution in [-0.4, -0.2) is 31.5 Å². The van der Waals surface area contributed by atoms with Crippen molar-refractivity contribution in [2.75, 3.05) is 0 Å². The number of benzene rings is 1. The molecule has 1 aromatic carbocycles. The number of carbonyl (C=O) groups is 1. The first-order chi connectivity index (χ1) is 12.9. The molecule has 136 valence electrons. The Balaban J connectivity index is 1.72. The van der Waals surface area contributed by atoms with Gasteiger partial charge in [0.05, 0.1) is 5.57 Å². The van der Waals surface area contributed by atoms with E-state index < -0.39 is 5.91 Å². The highest BCUT2D eigenvalue weighted by Crippen LogP contribution is 2.31. The number of thioether (sulfide) groups is 1. The fourth-order valence-electron chi connectivity index (χ4n) is 2.84. The lowest BCUT2D eigenvalue weighted by Crippen LogP contribution is -2.35. The second kappa shape index (κ2) is 6.66. The van der Waals surface area contributed by atoms with E-state index in [1.807, 2.05) is 67.9 Å². The molecule has 0 spiro atoms. The van der Waals surface area contributed by atoms with Crippen molar-refractivity contribution >= 4 is 39.8 Å². The molecule has 2 aromatic rings. The van der Waals surface area contributed by atoms with Crippen molar-refractivity contribution in [2.24, 2.45) is 16.0 Å². The number of nitrogens with zero attached hydrogens (tertiary/aromatic N) is 4. The van der Waals surface area contributed by atoms with Gasteiger partial charge >= 0.3 is 0 Å². The van der Waals surface area contributed by atoms with Crippen molar-refractivity contribution in [3.05, 3.63) is 59.4 Å². The summed E-state index contributed by atoms with van der Waals surface area (Å²) in [6, 6.07) is 12.0. The van der Waals surface area contributed by atoms with Gasteiger partial charge in [-0.05, 0) is 49.0 Å². The summed E-state index contributed by atoms with van der Waals surface area (Å²) in [6.07, 6.45) is 3.64. The molecule has 1 N–H and O–H groups in total. The van der Waals surface area contributed by atoms with E-state index in [-0.39, 0.29) is 17.3 Å². The van der Waals surface area contributed by atoms with Gasteiger partial charge in [-0.3, -0.25) is 10.2 Å². The molecule has 0 bridgehead atoms. The predicted molar refractivity (Wildman–Crippen MR) is 110 cm³/mol. The number of hydrogen-bond acceptors (Lipinski definition) is 4. The van der Waals surface area contributed by atoms with Crippen LogP contribution in [0.5, 0.6) is 0 Å². The lowest BCUT2D eigenvalue weighted by molar-refractivity contribution is -0.114. The molecule has 0 unspecified atom stereocenters. The van der Waals surface area contributed by atoms with Crippen LogP contribution >= 0.6 is 11.8 Å². The van der Waals surface area contributed by atoms with Crippen LogP contribution in [-0.2, 0) is 4.79 Å². The fourth-order valence-corrected chi connectivity index (χ4v) is 3.73. The number of carbonyl (C=O) groups excluding carboxylic acids is 1. The molecule has 0 saturated carbocycles. The largest absolute Gasteiger partial charge is 0.317 e.